The summed E-state index contributed by atoms with van der Waals surface area (Å²) < 4.78 is 4.94. The average Bonchev–Trinajstić information content (AvgIpc) is 2.80. The molecule has 0 aromatic heterocycles. The number of carbonyl (C=O) groups excluding carboxylic acids is 2. The molecule has 1 N–H and O–H groups in total. The lowest BCUT2D eigenvalue weighted by Crippen LogP contribution is -2.29. The number of esters is 1. The molecule has 0 unspecified atom stereocenters. The van der Waals surface area contributed by atoms with Gasteiger partial charge in [-0.2, -0.15) is 0 Å². The Labute approximate surface area is 135 Å². The number of benzene rings is 1. The maximum absolute atomic E-state index is 12.6. The maximum Gasteiger partial charge on any atom is 0.306 e. The molecule has 126 valence electrons. The highest BCUT2D eigenvalue weighted by atomic mass is 16.7. The fourth-order valence-electron chi connectivity index (χ4n) is 3.09. The second-order valence-electron chi connectivity index (χ2n) is 5.66. The van der Waals surface area contributed by atoms with Crippen molar-refractivity contribution in [2.75, 3.05) is 20.3 Å². The molecule has 3 atom stereocenters. The second-order valence-corrected chi connectivity index (χ2v) is 5.66. The number of amides is 1. The Morgan fingerprint density at radius 1 is 1.30 bits per heavy atom. The van der Waals surface area contributed by atoms with Crippen LogP contribution >= 0.6 is 0 Å². The molecule has 6 heteroatoms. The van der Waals surface area contributed by atoms with Crippen molar-refractivity contribution in [3.8, 4) is 0 Å². The van der Waals surface area contributed by atoms with E-state index in [2.05, 4.69) is 0 Å². The van der Waals surface area contributed by atoms with Gasteiger partial charge in [0.25, 0.3) is 5.91 Å². The number of ether oxygens (including phenoxy) is 1. The minimum absolute atomic E-state index is 0.0554. The van der Waals surface area contributed by atoms with Crippen LogP contribution in [0.5, 0.6) is 0 Å². The summed E-state index contributed by atoms with van der Waals surface area (Å²) in [6.07, 6.45) is -0.0554. The van der Waals surface area contributed by atoms with Crippen LogP contribution in [0.3, 0.4) is 0 Å². The van der Waals surface area contributed by atoms with Gasteiger partial charge in [-0.05, 0) is 19.4 Å². The molecule has 1 saturated heterocycles. The molecule has 1 amide bonds. The Bertz CT molecular complexity index is 557. The Kier molecular flexibility index (Phi) is 5.74. The largest absolute Gasteiger partial charge is 0.466 e. The van der Waals surface area contributed by atoms with E-state index >= 15 is 0 Å². The Balaban J connectivity index is 2.31. The van der Waals surface area contributed by atoms with Crippen molar-refractivity contribution < 1.29 is 24.3 Å². The molecule has 1 heterocycles. The van der Waals surface area contributed by atoms with Crippen molar-refractivity contribution in [1.29, 1.82) is 0 Å². The van der Waals surface area contributed by atoms with E-state index in [4.69, 9.17) is 9.57 Å². The quantitative estimate of drug-likeness (QED) is 0.806. The molecule has 23 heavy (non-hydrogen) atoms. The standard InChI is InChI=1S/C17H23NO5/c1-4-23-15(20)9-13-14(10-19)16(18(22-3)17(13)21)12-7-5-11(2)6-8-12/h5-8,13-14,16,19H,4,9-10H2,1-3H3/t13-,14-,16+/m0/s1. The molecular formula is C17H23NO5. The van der Waals surface area contributed by atoms with Gasteiger partial charge in [-0.15, -0.1) is 0 Å². The number of hydrogen-bond donors (Lipinski definition) is 1. The van der Waals surface area contributed by atoms with E-state index in [1.165, 1.54) is 12.2 Å². The van der Waals surface area contributed by atoms with Crippen LogP contribution in [0.25, 0.3) is 0 Å². The van der Waals surface area contributed by atoms with Crippen molar-refractivity contribution in [3.05, 3.63) is 35.4 Å². The van der Waals surface area contributed by atoms with Crippen LogP contribution in [0.15, 0.2) is 24.3 Å². The summed E-state index contributed by atoms with van der Waals surface area (Å²) in [5.74, 6) is -1.81. The van der Waals surface area contributed by atoms with Gasteiger partial charge in [0.2, 0.25) is 0 Å². The fraction of sp³-hybridized carbons (Fsp3) is 0.529. The van der Waals surface area contributed by atoms with Crippen LogP contribution in [0.4, 0.5) is 0 Å². The molecule has 1 aromatic carbocycles. The summed E-state index contributed by atoms with van der Waals surface area (Å²) in [7, 11) is 1.42. The topological polar surface area (TPSA) is 76.1 Å². The van der Waals surface area contributed by atoms with Crippen LogP contribution in [0.1, 0.15) is 30.5 Å². The number of carbonyl (C=O) groups is 2. The molecule has 0 saturated carbocycles. The zero-order valence-corrected chi connectivity index (χ0v) is 13.7. The number of aliphatic hydroxyl groups excluding tert-OH is 1. The van der Waals surface area contributed by atoms with Crippen molar-refractivity contribution >= 4 is 11.9 Å². The van der Waals surface area contributed by atoms with Crippen molar-refractivity contribution in [2.45, 2.75) is 26.3 Å². The van der Waals surface area contributed by atoms with Crippen LogP contribution in [-0.2, 0) is 19.2 Å². The monoisotopic (exact) mass is 321 g/mol. The third kappa shape index (κ3) is 3.54. The number of hydrogen-bond acceptors (Lipinski definition) is 5. The SMILES string of the molecule is CCOC(=O)C[C@@H]1C(=O)N(OC)[C@H](c2ccc(C)cc2)[C@H]1CO. The van der Waals surface area contributed by atoms with Gasteiger partial charge in [0.15, 0.2) is 0 Å². The van der Waals surface area contributed by atoms with E-state index in [9.17, 15) is 14.7 Å². The van der Waals surface area contributed by atoms with Crippen molar-refractivity contribution in [1.82, 2.24) is 5.06 Å². The number of aliphatic hydroxyl groups is 1. The highest BCUT2D eigenvalue weighted by Crippen LogP contribution is 2.43. The first-order valence-corrected chi connectivity index (χ1v) is 7.73. The summed E-state index contributed by atoms with van der Waals surface area (Å²) in [5.41, 5.74) is 1.97. The molecule has 2 rings (SSSR count). The molecule has 1 aliphatic heterocycles. The first kappa shape index (κ1) is 17.4. The lowest BCUT2D eigenvalue weighted by Gasteiger charge is -2.25. The third-order valence-electron chi connectivity index (χ3n) is 4.23. The highest BCUT2D eigenvalue weighted by Gasteiger charge is 2.49. The average molecular weight is 321 g/mol. The fourth-order valence-corrected chi connectivity index (χ4v) is 3.09. The van der Waals surface area contributed by atoms with Crippen LogP contribution in [0.2, 0.25) is 0 Å². The Morgan fingerprint density at radius 2 is 1.96 bits per heavy atom. The van der Waals surface area contributed by atoms with Gasteiger partial charge in [-0.25, -0.2) is 5.06 Å². The maximum atomic E-state index is 12.6. The lowest BCUT2D eigenvalue weighted by molar-refractivity contribution is -0.181. The summed E-state index contributed by atoms with van der Waals surface area (Å²) in [6.45, 7) is 3.74. The first-order valence-electron chi connectivity index (χ1n) is 7.73. The molecule has 1 aromatic rings. The van der Waals surface area contributed by atoms with E-state index in [1.807, 2.05) is 31.2 Å². The van der Waals surface area contributed by atoms with Crippen LogP contribution < -0.4 is 0 Å². The predicted octanol–water partition coefficient (Wildman–Crippen LogP) is 1.62. The van der Waals surface area contributed by atoms with E-state index < -0.39 is 23.8 Å². The van der Waals surface area contributed by atoms with Crippen molar-refractivity contribution in [2.24, 2.45) is 11.8 Å². The molecule has 1 aliphatic rings. The summed E-state index contributed by atoms with van der Waals surface area (Å²) >= 11 is 0. The van der Waals surface area contributed by atoms with Gasteiger partial charge in [0.1, 0.15) is 0 Å². The molecule has 0 bridgehead atoms. The minimum Gasteiger partial charge on any atom is -0.466 e. The smallest absolute Gasteiger partial charge is 0.306 e. The zero-order chi connectivity index (χ0) is 17.0. The van der Waals surface area contributed by atoms with Gasteiger partial charge in [0, 0.05) is 12.5 Å². The molecule has 6 nitrogen and oxygen atoms in total. The van der Waals surface area contributed by atoms with Gasteiger partial charge in [0.05, 0.1) is 32.1 Å². The minimum atomic E-state index is -0.648. The molecule has 0 aliphatic carbocycles. The van der Waals surface area contributed by atoms with Gasteiger partial charge >= 0.3 is 5.97 Å². The number of nitrogens with zero attached hydrogens (tertiary/aromatic N) is 1. The van der Waals surface area contributed by atoms with Gasteiger partial charge < -0.3 is 9.84 Å². The molecule has 1 fully saturated rings. The molecule has 0 radical (unpaired) electrons. The van der Waals surface area contributed by atoms with Crippen LogP contribution in [0, 0.1) is 18.8 Å². The molecule has 0 spiro atoms. The van der Waals surface area contributed by atoms with E-state index in [-0.39, 0.29) is 25.5 Å². The number of hydroxylamine groups is 2. The Hall–Kier alpha value is -1.92. The third-order valence-corrected chi connectivity index (χ3v) is 4.23. The number of rotatable bonds is 6. The lowest BCUT2D eigenvalue weighted by atomic mass is 9.85. The van der Waals surface area contributed by atoms with E-state index in [1.54, 1.807) is 6.92 Å². The first-order chi connectivity index (χ1) is 11.0. The van der Waals surface area contributed by atoms with E-state index in [0.29, 0.717) is 0 Å². The van der Waals surface area contributed by atoms with Gasteiger partial charge in [-0.1, -0.05) is 29.8 Å². The van der Waals surface area contributed by atoms with E-state index in [0.717, 1.165) is 11.1 Å². The summed E-state index contributed by atoms with van der Waals surface area (Å²) in [5, 5.41) is 11.1. The second kappa shape index (κ2) is 7.57. The summed E-state index contributed by atoms with van der Waals surface area (Å²) in [4.78, 5) is 29.6. The Morgan fingerprint density at radius 3 is 2.48 bits per heavy atom. The van der Waals surface area contributed by atoms with Crippen LogP contribution in [-0.4, -0.2) is 42.4 Å². The predicted molar refractivity (Wildman–Crippen MR) is 83.1 cm³/mol. The number of aryl methyl sites for hydroxylation is 1. The zero-order valence-electron chi connectivity index (χ0n) is 13.7. The molecular weight excluding hydrogens is 298 g/mol. The summed E-state index contributed by atoms with van der Waals surface area (Å²) in [6, 6.07) is 7.29. The van der Waals surface area contributed by atoms with Gasteiger partial charge in [-0.3, -0.25) is 14.4 Å². The van der Waals surface area contributed by atoms with Crippen molar-refractivity contribution in [3.63, 3.8) is 0 Å². The normalized spacial score (nSPS) is 24.1. The highest BCUT2D eigenvalue weighted by molar-refractivity contribution is 5.86.